The van der Waals surface area contributed by atoms with Crippen LogP contribution in [-0.2, 0) is 9.59 Å². The Hall–Kier alpha value is -2.18. The number of aromatic nitrogens is 3. The van der Waals surface area contributed by atoms with Gasteiger partial charge in [0.05, 0.1) is 0 Å². The molecule has 0 bridgehead atoms. The molecule has 0 fully saturated rings. The number of carbonyl (C=O) groups excluding carboxylic acids is 1. The van der Waals surface area contributed by atoms with Gasteiger partial charge in [0, 0.05) is 12.2 Å². The average molecular weight is 182 g/mol. The number of carboxylic acids is 1. The summed E-state index contributed by atoms with van der Waals surface area (Å²) in [4.78, 5) is 20.9. The molecule has 68 valence electrons. The van der Waals surface area contributed by atoms with Gasteiger partial charge < -0.3 is 5.11 Å². The number of carboxylic acid groups (broad SMARTS) is 1. The largest absolute Gasteiger partial charge is 0.478 e. The van der Waals surface area contributed by atoms with Crippen LogP contribution in [0.25, 0.3) is 0 Å². The van der Waals surface area contributed by atoms with Crippen molar-refractivity contribution in [2.24, 2.45) is 0 Å². The Morgan fingerprint density at radius 3 is 2.46 bits per heavy atom. The predicted octanol–water partition coefficient (Wildman–Crippen LogP) is -1.01. The molecule has 0 saturated carbocycles. The molecule has 0 aliphatic rings. The van der Waals surface area contributed by atoms with E-state index in [4.69, 9.17) is 5.11 Å². The third-order valence-corrected chi connectivity index (χ3v) is 1.04. The van der Waals surface area contributed by atoms with Gasteiger partial charge in [0.1, 0.15) is 12.7 Å². The van der Waals surface area contributed by atoms with Crippen molar-refractivity contribution in [1.29, 1.82) is 0 Å². The second kappa shape index (κ2) is 4.00. The summed E-state index contributed by atoms with van der Waals surface area (Å²) in [7, 11) is 0. The lowest BCUT2D eigenvalue weighted by Gasteiger charge is -1.98. The smallest absolute Gasteiger partial charge is 0.328 e. The summed E-state index contributed by atoms with van der Waals surface area (Å²) in [5, 5.41) is 15.0. The first kappa shape index (κ1) is 8.91. The van der Waals surface area contributed by atoms with Gasteiger partial charge in [-0.3, -0.25) is 10.2 Å². The van der Waals surface area contributed by atoms with Crippen LogP contribution in [0.1, 0.15) is 0 Å². The summed E-state index contributed by atoms with van der Waals surface area (Å²) in [5.74, 6) is -1.75. The number of aliphatic carboxylic acids is 1. The van der Waals surface area contributed by atoms with Gasteiger partial charge in [-0.25, -0.2) is 9.47 Å². The second-order valence-corrected chi connectivity index (χ2v) is 2.02. The van der Waals surface area contributed by atoms with Crippen LogP contribution in [0, 0.1) is 0 Å². The highest BCUT2D eigenvalue weighted by Crippen LogP contribution is 1.79. The molecule has 1 aromatic rings. The van der Waals surface area contributed by atoms with Crippen LogP contribution in [-0.4, -0.2) is 31.9 Å². The Kier molecular flexibility index (Phi) is 2.74. The molecule has 0 spiro atoms. The van der Waals surface area contributed by atoms with Gasteiger partial charge in [0.2, 0.25) is 0 Å². The zero-order valence-electron chi connectivity index (χ0n) is 6.41. The van der Waals surface area contributed by atoms with Gasteiger partial charge in [0.25, 0.3) is 5.91 Å². The van der Waals surface area contributed by atoms with Crippen LogP contribution in [0.2, 0.25) is 0 Å². The van der Waals surface area contributed by atoms with Crippen molar-refractivity contribution in [2.75, 3.05) is 5.43 Å². The Balaban J connectivity index is 2.47. The van der Waals surface area contributed by atoms with Crippen LogP contribution in [0.3, 0.4) is 0 Å². The van der Waals surface area contributed by atoms with Crippen LogP contribution in [0.4, 0.5) is 0 Å². The first-order valence-corrected chi connectivity index (χ1v) is 3.25. The minimum atomic E-state index is -1.18. The predicted molar refractivity (Wildman–Crippen MR) is 41.2 cm³/mol. The number of carbonyl (C=O) groups is 2. The molecular weight excluding hydrogens is 176 g/mol. The first-order chi connectivity index (χ1) is 6.18. The molecule has 1 amide bonds. The zero-order chi connectivity index (χ0) is 9.68. The third kappa shape index (κ3) is 3.14. The van der Waals surface area contributed by atoms with E-state index >= 15 is 0 Å². The molecule has 0 saturated heterocycles. The topological polar surface area (TPSA) is 97.1 Å². The van der Waals surface area contributed by atoms with Crippen LogP contribution >= 0.6 is 0 Å². The fourth-order valence-corrected chi connectivity index (χ4v) is 0.570. The zero-order valence-corrected chi connectivity index (χ0v) is 6.41. The molecule has 0 aromatic carbocycles. The van der Waals surface area contributed by atoms with Crippen LogP contribution in [0.5, 0.6) is 0 Å². The molecule has 1 aromatic heterocycles. The minimum Gasteiger partial charge on any atom is -0.478 e. The number of nitrogens with zero attached hydrogens (tertiary/aromatic N) is 3. The summed E-state index contributed by atoms with van der Waals surface area (Å²) < 4.78 is 1.20. The van der Waals surface area contributed by atoms with Crippen LogP contribution in [0.15, 0.2) is 24.8 Å². The van der Waals surface area contributed by atoms with E-state index in [1.165, 1.54) is 17.3 Å². The lowest BCUT2D eigenvalue weighted by atomic mass is 10.5. The normalized spacial score (nSPS) is 10.2. The highest BCUT2D eigenvalue weighted by atomic mass is 16.4. The number of nitrogens with one attached hydrogen (secondary N) is 1. The van der Waals surface area contributed by atoms with Gasteiger partial charge >= 0.3 is 5.97 Å². The van der Waals surface area contributed by atoms with Gasteiger partial charge in [-0.15, -0.1) is 10.2 Å². The maximum atomic E-state index is 10.9. The Morgan fingerprint density at radius 1 is 1.31 bits per heavy atom. The van der Waals surface area contributed by atoms with Crippen molar-refractivity contribution in [2.45, 2.75) is 0 Å². The molecule has 0 radical (unpaired) electrons. The van der Waals surface area contributed by atoms with E-state index in [0.717, 1.165) is 12.2 Å². The number of hydrogen-bond donors (Lipinski definition) is 2. The third-order valence-electron chi connectivity index (χ3n) is 1.04. The fraction of sp³-hybridized carbons (Fsp3) is 0. The molecule has 1 heterocycles. The molecule has 7 nitrogen and oxygen atoms in total. The van der Waals surface area contributed by atoms with Crippen molar-refractivity contribution < 1.29 is 14.7 Å². The van der Waals surface area contributed by atoms with Crippen molar-refractivity contribution >= 4 is 11.9 Å². The second-order valence-electron chi connectivity index (χ2n) is 2.02. The fourth-order valence-electron chi connectivity index (χ4n) is 0.570. The minimum absolute atomic E-state index is 0.567. The lowest BCUT2D eigenvalue weighted by molar-refractivity contribution is -0.131. The monoisotopic (exact) mass is 182 g/mol. The summed E-state index contributed by atoms with van der Waals surface area (Å²) in [6, 6.07) is 0. The Bertz CT molecular complexity index is 330. The van der Waals surface area contributed by atoms with Gasteiger partial charge in [-0.2, -0.15) is 0 Å². The van der Waals surface area contributed by atoms with Gasteiger partial charge in [0.15, 0.2) is 0 Å². The molecule has 7 heteroatoms. The van der Waals surface area contributed by atoms with Crippen molar-refractivity contribution in [3.8, 4) is 0 Å². The summed E-state index contributed by atoms with van der Waals surface area (Å²) in [6.07, 6.45) is 4.17. The van der Waals surface area contributed by atoms with E-state index in [1.54, 1.807) is 0 Å². The first-order valence-electron chi connectivity index (χ1n) is 3.25. The Labute approximate surface area is 72.7 Å². The summed E-state index contributed by atoms with van der Waals surface area (Å²) in [6.45, 7) is 0. The van der Waals surface area contributed by atoms with Crippen molar-refractivity contribution in [3.63, 3.8) is 0 Å². The van der Waals surface area contributed by atoms with Gasteiger partial charge in [-0.1, -0.05) is 0 Å². The van der Waals surface area contributed by atoms with E-state index in [9.17, 15) is 9.59 Å². The lowest BCUT2D eigenvalue weighted by Crippen LogP contribution is -2.19. The molecule has 1 rings (SSSR count). The standard InChI is InChI=1S/C6H6N4O3/c11-5(1-2-6(12)13)9-10-3-7-8-4-10/h1-4H,(H,9,11)(H,12,13)/b2-1+. The van der Waals surface area contributed by atoms with E-state index in [2.05, 4.69) is 15.6 Å². The van der Waals surface area contributed by atoms with E-state index < -0.39 is 11.9 Å². The number of amides is 1. The molecule has 0 unspecified atom stereocenters. The number of rotatable bonds is 3. The number of hydrogen-bond acceptors (Lipinski definition) is 4. The molecular formula is C6H6N4O3. The molecule has 0 atom stereocenters. The van der Waals surface area contributed by atoms with E-state index in [1.807, 2.05) is 0 Å². The summed E-state index contributed by atoms with van der Waals surface area (Å²) >= 11 is 0. The maximum Gasteiger partial charge on any atom is 0.328 e. The highest BCUT2D eigenvalue weighted by molar-refractivity contribution is 5.98. The molecule has 0 aliphatic heterocycles. The molecule has 2 N–H and O–H groups in total. The van der Waals surface area contributed by atoms with Gasteiger partial charge in [-0.05, 0) is 0 Å². The average Bonchev–Trinajstić information content (AvgIpc) is 2.53. The quantitative estimate of drug-likeness (QED) is 0.583. The SMILES string of the molecule is O=C(O)/C=C/C(=O)Nn1cnnc1. The van der Waals surface area contributed by atoms with Crippen molar-refractivity contribution in [1.82, 2.24) is 14.9 Å². The van der Waals surface area contributed by atoms with Crippen LogP contribution < -0.4 is 5.43 Å². The highest BCUT2D eigenvalue weighted by Gasteiger charge is 1.96. The maximum absolute atomic E-state index is 10.9. The van der Waals surface area contributed by atoms with E-state index in [0.29, 0.717) is 0 Å². The Morgan fingerprint density at radius 2 is 1.92 bits per heavy atom. The van der Waals surface area contributed by atoms with Crippen molar-refractivity contribution in [3.05, 3.63) is 24.8 Å². The molecule has 13 heavy (non-hydrogen) atoms. The summed E-state index contributed by atoms with van der Waals surface area (Å²) in [5.41, 5.74) is 2.28. The van der Waals surface area contributed by atoms with E-state index in [-0.39, 0.29) is 0 Å². The molecule has 0 aliphatic carbocycles.